The van der Waals surface area contributed by atoms with E-state index in [2.05, 4.69) is 15.2 Å². The van der Waals surface area contributed by atoms with Crippen molar-refractivity contribution in [1.82, 2.24) is 19.4 Å². The molecule has 5 rings (SSSR count). The number of alkyl halides is 3. The lowest BCUT2D eigenvalue weighted by Gasteiger charge is -2.28. The van der Waals surface area contributed by atoms with Crippen LogP contribution >= 0.6 is 0 Å². The summed E-state index contributed by atoms with van der Waals surface area (Å²) in [5.74, 6) is 0.277. The Morgan fingerprint density at radius 2 is 1.95 bits per heavy atom. The van der Waals surface area contributed by atoms with Crippen molar-refractivity contribution in [2.45, 2.75) is 25.9 Å². The van der Waals surface area contributed by atoms with E-state index < -0.39 is 18.5 Å². The van der Waals surface area contributed by atoms with Gasteiger partial charge in [0.2, 0.25) is 0 Å². The first-order valence-electron chi connectivity index (χ1n) is 12.7. The third-order valence-electron chi connectivity index (χ3n) is 7.12. The predicted molar refractivity (Wildman–Crippen MR) is 139 cm³/mol. The van der Waals surface area contributed by atoms with E-state index in [9.17, 15) is 18.0 Å². The summed E-state index contributed by atoms with van der Waals surface area (Å²) < 4.78 is 45.8. The molecule has 1 aromatic carbocycles. The van der Waals surface area contributed by atoms with Gasteiger partial charge < -0.3 is 24.4 Å². The van der Waals surface area contributed by atoms with Crippen LogP contribution < -0.4 is 10.2 Å². The minimum atomic E-state index is -4.22. The summed E-state index contributed by atoms with van der Waals surface area (Å²) in [5.41, 5.74) is 5.14. The Balaban J connectivity index is 1.41. The average Bonchev–Trinajstić information content (AvgIpc) is 3.53. The highest BCUT2D eigenvalue weighted by molar-refractivity contribution is 5.91. The molecule has 2 aromatic heterocycles. The van der Waals surface area contributed by atoms with Gasteiger partial charge in [-0.2, -0.15) is 13.2 Å². The number of nitrogens with one attached hydrogen (secondary N) is 1. The number of carbonyl (C=O) groups excluding carboxylic acids is 1. The quantitative estimate of drug-likeness (QED) is 0.499. The van der Waals surface area contributed by atoms with E-state index in [1.807, 2.05) is 48.9 Å². The maximum Gasteiger partial charge on any atom is 0.389 e. The highest BCUT2D eigenvalue weighted by atomic mass is 19.4. The second-order valence-corrected chi connectivity index (χ2v) is 9.97. The van der Waals surface area contributed by atoms with Gasteiger partial charge in [-0.25, -0.2) is 14.8 Å². The van der Waals surface area contributed by atoms with Crippen molar-refractivity contribution in [2.24, 2.45) is 13.0 Å². The molecule has 2 amide bonds. The Labute approximate surface area is 219 Å². The molecule has 2 aliphatic heterocycles. The van der Waals surface area contributed by atoms with Crippen LogP contribution in [-0.2, 0) is 11.8 Å². The predicted octanol–water partition coefficient (Wildman–Crippen LogP) is 5.10. The molecule has 2 aliphatic rings. The van der Waals surface area contributed by atoms with Crippen molar-refractivity contribution in [3.05, 3.63) is 48.4 Å². The molecule has 0 bridgehead atoms. The van der Waals surface area contributed by atoms with Gasteiger partial charge in [-0.3, -0.25) is 0 Å². The van der Waals surface area contributed by atoms with Crippen molar-refractivity contribution in [3.8, 4) is 22.5 Å². The Kier molecular flexibility index (Phi) is 7.29. The number of benzene rings is 1. The third kappa shape index (κ3) is 5.93. The molecule has 11 heteroatoms. The lowest BCUT2D eigenvalue weighted by atomic mass is 9.99. The molecule has 38 heavy (non-hydrogen) atoms. The van der Waals surface area contributed by atoms with Crippen LogP contribution in [0.3, 0.4) is 0 Å². The summed E-state index contributed by atoms with van der Waals surface area (Å²) in [6, 6.07) is 9.32. The molecule has 202 valence electrons. The van der Waals surface area contributed by atoms with Crippen molar-refractivity contribution >= 4 is 17.5 Å². The minimum absolute atomic E-state index is 0.103. The molecule has 0 unspecified atom stereocenters. The van der Waals surface area contributed by atoms with Crippen molar-refractivity contribution < 1.29 is 22.7 Å². The van der Waals surface area contributed by atoms with Gasteiger partial charge in [0.25, 0.3) is 0 Å². The van der Waals surface area contributed by atoms with Crippen LogP contribution in [0, 0.1) is 12.8 Å². The summed E-state index contributed by atoms with van der Waals surface area (Å²) in [7, 11) is 1.92. The number of carbonyl (C=O) groups is 1. The number of morpholine rings is 1. The number of halogens is 3. The third-order valence-corrected chi connectivity index (χ3v) is 7.12. The molecule has 1 atom stereocenters. The van der Waals surface area contributed by atoms with Crippen molar-refractivity contribution in [1.29, 1.82) is 0 Å². The maximum atomic E-state index is 12.9. The van der Waals surface area contributed by atoms with Crippen LogP contribution in [0.15, 0.2) is 42.9 Å². The smallest absolute Gasteiger partial charge is 0.378 e. The first kappa shape index (κ1) is 26.0. The van der Waals surface area contributed by atoms with E-state index in [4.69, 9.17) is 9.72 Å². The average molecular weight is 529 g/mol. The molecular formula is C27H31F3N6O2. The standard InChI is InChI=1S/C27H31F3N6O2/c1-18-3-4-21(32-26(37)36-6-5-19(16-36)14-27(28,29)30)13-22(18)20-11-23(24-15-31-17-34(24)2)33-25(12-20)35-7-9-38-10-8-35/h3-4,11-13,15,17,19H,5-10,14,16H2,1-2H3,(H,32,37)/t19-/m0/s1. The first-order valence-corrected chi connectivity index (χ1v) is 12.7. The van der Waals surface area contributed by atoms with Gasteiger partial charge in [0.15, 0.2) is 0 Å². The molecule has 0 aliphatic carbocycles. The Morgan fingerprint density at radius 3 is 2.66 bits per heavy atom. The summed E-state index contributed by atoms with van der Waals surface area (Å²) in [5, 5.41) is 2.88. The number of imidazole rings is 1. The molecule has 0 radical (unpaired) electrons. The van der Waals surface area contributed by atoms with Crippen LogP contribution in [-0.4, -0.2) is 71.0 Å². The number of likely N-dealkylation sites (tertiary alicyclic amines) is 1. The lowest BCUT2D eigenvalue weighted by molar-refractivity contribution is -0.143. The van der Waals surface area contributed by atoms with Crippen LogP contribution in [0.5, 0.6) is 0 Å². The molecule has 2 saturated heterocycles. The first-order chi connectivity index (χ1) is 18.2. The molecule has 4 heterocycles. The fourth-order valence-corrected chi connectivity index (χ4v) is 5.09. The second-order valence-electron chi connectivity index (χ2n) is 9.97. The van der Waals surface area contributed by atoms with Crippen molar-refractivity contribution in [3.63, 3.8) is 0 Å². The summed E-state index contributed by atoms with van der Waals surface area (Å²) in [4.78, 5) is 25.7. The van der Waals surface area contributed by atoms with Gasteiger partial charge in [-0.15, -0.1) is 0 Å². The van der Waals surface area contributed by atoms with E-state index in [0.29, 0.717) is 31.9 Å². The number of hydrogen-bond acceptors (Lipinski definition) is 5. The Bertz CT molecular complexity index is 1300. The normalized spacial score (nSPS) is 18.2. The molecular weight excluding hydrogens is 497 g/mol. The number of anilines is 2. The van der Waals surface area contributed by atoms with Gasteiger partial charge in [0.1, 0.15) is 5.82 Å². The van der Waals surface area contributed by atoms with Gasteiger partial charge in [0, 0.05) is 45.3 Å². The summed E-state index contributed by atoms with van der Waals surface area (Å²) >= 11 is 0. The van der Waals surface area contributed by atoms with Crippen LogP contribution in [0.25, 0.3) is 22.5 Å². The zero-order valence-corrected chi connectivity index (χ0v) is 21.5. The van der Waals surface area contributed by atoms with E-state index >= 15 is 0 Å². The number of aromatic nitrogens is 3. The molecule has 0 saturated carbocycles. The SMILES string of the molecule is Cc1ccc(NC(=O)N2CC[C@@H](CC(F)(F)F)C2)cc1-c1cc(-c2cncn2C)nc(N2CCOCC2)c1. The Morgan fingerprint density at radius 1 is 1.16 bits per heavy atom. The van der Waals surface area contributed by atoms with Gasteiger partial charge in [-0.1, -0.05) is 6.07 Å². The number of urea groups is 1. The molecule has 2 fully saturated rings. The zero-order valence-electron chi connectivity index (χ0n) is 21.5. The fraction of sp³-hybridized carbons (Fsp3) is 0.444. The lowest BCUT2D eigenvalue weighted by Crippen LogP contribution is -2.36. The maximum absolute atomic E-state index is 12.9. The molecule has 3 aromatic rings. The second kappa shape index (κ2) is 10.6. The van der Waals surface area contributed by atoms with Crippen molar-refractivity contribution in [2.75, 3.05) is 49.6 Å². The molecule has 8 nitrogen and oxygen atoms in total. The van der Waals surface area contributed by atoms with Gasteiger partial charge >= 0.3 is 12.2 Å². The zero-order chi connectivity index (χ0) is 26.9. The Hall–Kier alpha value is -3.60. The number of nitrogens with zero attached hydrogens (tertiary/aromatic N) is 5. The van der Waals surface area contributed by atoms with Crippen LogP contribution in [0.4, 0.5) is 29.5 Å². The molecule has 1 N–H and O–H groups in total. The highest BCUT2D eigenvalue weighted by Crippen LogP contribution is 2.34. The number of rotatable bonds is 5. The fourth-order valence-electron chi connectivity index (χ4n) is 5.09. The van der Waals surface area contributed by atoms with Gasteiger partial charge in [0.05, 0.1) is 37.1 Å². The summed E-state index contributed by atoms with van der Waals surface area (Å²) in [6.45, 7) is 5.16. The van der Waals surface area contributed by atoms with E-state index in [1.54, 1.807) is 12.5 Å². The van der Waals surface area contributed by atoms with E-state index in [-0.39, 0.29) is 12.6 Å². The highest BCUT2D eigenvalue weighted by Gasteiger charge is 2.36. The number of ether oxygens (including phenoxy) is 1. The van der Waals surface area contributed by atoms with Gasteiger partial charge in [-0.05, 0) is 60.2 Å². The topological polar surface area (TPSA) is 75.5 Å². The van der Waals surface area contributed by atoms with E-state index in [0.717, 1.165) is 47.0 Å². The number of hydrogen-bond donors (Lipinski definition) is 1. The van der Waals surface area contributed by atoms with Crippen LogP contribution in [0.2, 0.25) is 0 Å². The largest absolute Gasteiger partial charge is 0.389 e. The van der Waals surface area contributed by atoms with Crippen LogP contribution in [0.1, 0.15) is 18.4 Å². The number of amides is 2. The minimum Gasteiger partial charge on any atom is -0.378 e. The summed E-state index contributed by atoms with van der Waals surface area (Å²) in [6.07, 6.45) is -1.22. The molecule has 0 spiro atoms. The number of aryl methyl sites for hydroxylation is 2. The number of pyridine rings is 1. The van der Waals surface area contributed by atoms with E-state index in [1.165, 1.54) is 4.90 Å². The monoisotopic (exact) mass is 528 g/mol.